The van der Waals surface area contributed by atoms with E-state index in [1.807, 2.05) is 10.8 Å². The highest BCUT2D eigenvalue weighted by Gasteiger charge is 2.05. The van der Waals surface area contributed by atoms with E-state index >= 15 is 0 Å². The molecule has 1 aliphatic rings. The van der Waals surface area contributed by atoms with Crippen molar-refractivity contribution in [3.8, 4) is 0 Å². The summed E-state index contributed by atoms with van der Waals surface area (Å²) in [7, 11) is 0. The van der Waals surface area contributed by atoms with Gasteiger partial charge in [-0.3, -0.25) is 0 Å². The van der Waals surface area contributed by atoms with Gasteiger partial charge >= 0.3 is 0 Å². The minimum Gasteiger partial charge on any atom is -0.234 e. The van der Waals surface area contributed by atoms with Crippen molar-refractivity contribution in [3.63, 3.8) is 0 Å². The van der Waals surface area contributed by atoms with E-state index in [0.717, 1.165) is 11.4 Å². The van der Waals surface area contributed by atoms with Gasteiger partial charge in [-0.25, -0.2) is 10.3 Å². The van der Waals surface area contributed by atoms with Gasteiger partial charge in [-0.2, -0.15) is 0 Å². The summed E-state index contributed by atoms with van der Waals surface area (Å²) in [5.74, 6) is 0. The highest BCUT2D eigenvalue weighted by molar-refractivity contribution is 7.08. The Labute approximate surface area is 50.9 Å². The molecule has 0 aromatic carbocycles. The average molecular weight is 123 g/mol. The number of hydrogen-bond donors (Lipinski definition) is 0. The van der Waals surface area contributed by atoms with Gasteiger partial charge in [0.15, 0.2) is 0 Å². The predicted molar refractivity (Wildman–Crippen MR) is 34.3 cm³/mol. The normalized spacial score (nSPS) is 13.5. The second-order valence-corrected chi connectivity index (χ2v) is 2.26. The summed E-state index contributed by atoms with van der Waals surface area (Å²) in [6.07, 6.45) is 1.58. The van der Waals surface area contributed by atoms with E-state index in [9.17, 15) is 0 Å². The van der Waals surface area contributed by atoms with Crippen molar-refractivity contribution in [1.29, 1.82) is 0 Å². The number of thiophene rings is 1. The molecular formula is C5H3N2S. The second kappa shape index (κ2) is 1.32. The second-order valence-electron chi connectivity index (χ2n) is 1.52. The van der Waals surface area contributed by atoms with Crippen LogP contribution in [0.2, 0.25) is 0 Å². The van der Waals surface area contributed by atoms with Gasteiger partial charge in [-0.15, -0.1) is 11.3 Å². The zero-order valence-electron chi connectivity index (χ0n) is 4.03. The molecule has 0 bridgehead atoms. The highest BCUT2D eigenvalue weighted by atomic mass is 32.1. The van der Waals surface area contributed by atoms with Crippen molar-refractivity contribution in [2.24, 2.45) is 4.99 Å². The Morgan fingerprint density at radius 1 is 1.25 bits per heavy atom. The van der Waals surface area contributed by atoms with Crippen LogP contribution in [0.25, 0.3) is 0 Å². The molecular weight excluding hydrogens is 120 g/mol. The molecule has 1 aromatic rings. The molecule has 1 aliphatic heterocycles. The Hall–Kier alpha value is -0.830. The number of aliphatic imine (C=N–C) groups is 1. The topological polar surface area (TPSA) is 26.5 Å². The molecule has 2 heterocycles. The smallest absolute Gasteiger partial charge is 0.116 e. The third-order valence-corrected chi connectivity index (χ3v) is 1.73. The van der Waals surface area contributed by atoms with Gasteiger partial charge in [0.2, 0.25) is 0 Å². The molecule has 0 saturated carbocycles. The van der Waals surface area contributed by atoms with E-state index in [1.165, 1.54) is 0 Å². The van der Waals surface area contributed by atoms with E-state index in [2.05, 4.69) is 10.3 Å². The largest absolute Gasteiger partial charge is 0.234 e. The maximum Gasteiger partial charge on any atom is 0.116 e. The molecule has 0 fully saturated rings. The average Bonchev–Trinajstić information content (AvgIpc) is 2.15. The van der Waals surface area contributed by atoms with Crippen molar-refractivity contribution in [1.82, 2.24) is 5.32 Å². The molecule has 0 saturated heterocycles. The van der Waals surface area contributed by atoms with Crippen molar-refractivity contribution in [2.45, 2.75) is 0 Å². The molecule has 39 valence electrons. The molecule has 0 aliphatic carbocycles. The Bertz CT molecular complexity index is 226. The van der Waals surface area contributed by atoms with E-state index < -0.39 is 0 Å². The summed E-state index contributed by atoms with van der Waals surface area (Å²) in [6.45, 7) is 0. The standard InChI is InChI=1S/C5H3N2S/c1-4-5(2-8-1)7-3-6-4/h1-3H. The summed E-state index contributed by atoms with van der Waals surface area (Å²) in [5.41, 5.74) is 2.02. The Morgan fingerprint density at radius 3 is 3.00 bits per heavy atom. The maximum absolute atomic E-state index is 3.98. The lowest BCUT2D eigenvalue weighted by atomic mass is 10.5. The first kappa shape index (κ1) is 4.09. The molecule has 3 heteroatoms. The van der Waals surface area contributed by atoms with Crippen LogP contribution in [0.3, 0.4) is 0 Å². The van der Waals surface area contributed by atoms with Crippen molar-refractivity contribution >= 4 is 29.1 Å². The third-order valence-electron chi connectivity index (χ3n) is 1.02. The van der Waals surface area contributed by atoms with Crippen LogP contribution in [0.4, 0.5) is 11.4 Å². The van der Waals surface area contributed by atoms with Crippen LogP contribution in [0, 0.1) is 0 Å². The van der Waals surface area contributed by atoms with Gasteiger partial charge in [0.05, 0.1) is 0 Å². The van der Waals surface area contributed by atoms with Crippen molar-refractivity contribution in [3.05, 3.63) is 10.8 Å². The lowest BCUT2D eigenvalue weighted by molar-refractivity contribution is 1.37. The fourth-order valence-corrected chi connectivity index (χ4v) is 1.32. The lowest BCUT2D eigenvalue weighted by Gasteiger charge is -1.77. The van der Waals surface area contributed by atoms with Crippen LogP contribution in [-0.4, -0.2) is 6.34 Å². The molecule has 0 N–H and O–H groups in total. The van der Waals surface area contributed by atoms with Gasteiger partial charge in [-0.05, 0) is 0 Å². The minimum absolute atomic E-state index is 1.01. The van der Waals surface area contributed by atoms with Crippen molar-refractivity contribution < 1.29 is 0 Å². The SMILES string of the molecule is C1=Nc2cscc2[N]1. The quantitative estimate of drug-likeness (QED) is 0.501. The van der Waals surface area contributed by atoms with E-state index in [0.29, 0.717) is 0 Å². The highest BCUT2D eigenvalue weighted by Crippen LogP contribution is 2.31. The molecule has 1 radical (unpaired) electrons. The van der Waals surface area contributed by atoms with Crippen LogP contribution < -0.4 is 5.32 Å². The zero-order valence-corrected chi connectivity index (χ0v) is 4.85. The molecule has 2 rings (SSSR count). The van der Waals surface area contributed by atoms with Gasteiger partial charge < -0.3 is 0 Å². The summed E-state index contributed by atoms with van der Waals surface area (Å²) in [5, 5.41) is 7.95. The number of hydrogen-bond acceptors (Lipinski definition) is 2. The minimum atomic E-state index is 1.01. The van der Waals surface area contributed by atoms with Gasteiger partial charge in [-0.1, -0.05) is 0 Å². The Kier molecular flexibility index (Phi) is 0.676. The lowest BCUT2D eigenvalue weighted by Crippen LogP contribution is -1.81. The first-order valence-electron chi connectivity index (χ1n) is 2.26. The monoisotopic (exact) mass is 123 g/mol. The summed E-state index contributed by atoms with van der Waals surface area (Å²) >= 11 is 1.63. The first-order chi connectivity index (χ1) is 3.97. The molecule has 0 spiro atoms. The van der Waals surface area contributed by atoms with E-state index in [4.69, 9.17) is 0 Å². The fourth-order valence-electron chi connectivity index (χ4n) is 0.630. The molecule has 1 aromatic heterocycles. The van der Waals surface area contributed by atoms with Crippen LogP contribution in [0.15, 0.2) is 15.8 Å². The zero-order chi connectivity index (χ0) is 5.40. The van der Waals surface area contributed by atoms with Crippen molar-refractivity contribution in [2.75, 3.05) is 0 Å². The van der Waals surface area contributed by atoms with Crippen LogP contribution >= 0.6 is 11.3 Å². The fraction of sp³-hybridized carbons (Fsp3) is 0. The number of rotatable bonds is 0. The number of fused-ring (bicyclic) bond motifs is 1. The first-order valence-corrected chi connectivity index (χ1v) is 3.21. The predicted octanol–water partition coefficient (Wildman–Crippen LogP) is 1.66. The number of nitrogens with zero attached hydrogens (tertiary/aromatic N) is 2. The van der Waals surface area contributed by atoms with E-state index in [-0.39, 0.29) is 0 Å². The van der Waals surface area contributed by atoms with Gasteiger partial charge in [0, 0.05) is 10.8 Å². The van der Waals surface area contributed by atoms with Crippen LogP contribution in [-0.2, 0) is 0 Å². The molecule has 0 unspecified atom stereocenters. The molecule has 0 atom stereocenters. The Balaban J connectivity index is 2.67. The van der Waals surface area contributed by atoms with Crippen LogP contribution in [0.1, 0.15) is 0 Å². The van der Waals surface area contributed by atoms with Gasteiger partial charge in [0.25, 0.3) is 0 Å². The van der Waals surface area contributed by atoms with Crippen LogP contribution in [0.5, 0.6) is 0 Å². The summed E-state index contributed by atoms with van der Waals surface area (Å²) < 4.78 is 0. The summed E-state index contributed by atoms with van der Waals surface area (Å²) in [6, 6.07) is 0. The summed E-state index contributed by atoms with van der Waals surface area (Å²) in [4.78, 5) is 3.98. The van der Waals surface area contributed by atoms with E-state index in [1.54, 1.807) is 17.7 Å². The van der Waals surface area contributed by atoms with Gasteiger partial charge in [0.1, 0.15) is 17.7 Å². The third kappa shape index (κ3) is 0.391. The Morgan fingerprint density at radius 2 is 2.12 bits per heavy atom. The molecule has 0 amide bonds. The maximum atomic E-state index is 3.98. The molecule has 8 heavy (non-hydrogen) atoms. The molecule has 2 nitrogen and oxygen atoms in total.